The van der Waals surface area contributed by atoms with Crippen LogP contribution in [0.1, 0.15) is 57.3 Å². The van der Waals surface area contributed by atoms with Crippen LogP contribution in [0.3, 0.4) is 0 Å². The van der Waals surface area contributed by atoms with Gasteiger partial charge in [-0.25, -0.2) is 0 Å². The number of ether oxygens (including phenoxy) is 1. The Kier molecular flexibility index (Phi) is 5.10. The van der Waals surface area contributed by atoms with Gasteiger partial charge in [0.1, 0.15) is 0 Å². The Morgan fingerprint density at radius 1 is 1.36 bits per heavy atom. The second-order valence-corrected chi connectivity index (χ2v) is 6.52. The first kappa shape index (κ1) is 15.9. The highest BCUT2D eigenvalue weighted by Crippen LogP contribution is 2.38. The molecule has 6 nitrogen and oxygen atoms in total. The van der Waals surface area contributed by atoms with Gasteiger partial charge in [0.05, 0.1) is 12.6 Å². The quantitative estimate of drug-likeness (QED) is 0.719. The highest BCUT2D eigenvalue weighted by molar-refractivity contribution is 5.05. The first-order chi connectivity index (χ1) is 10.7. The summed E-state index contributed by atoms with van der Waals surface area (Å²) >= 11 is 0. The Morgan fingerprint density at radius 3 is 2.86 bits per heavy atom. The van der Waals surface area contributed by atoms with Crippen molar-refractivity contribution in [2.45, 2.75) is 51.6 Å². The summed E-state index contributed by atoms with van der Waals surface area (Å²) in [7, 11) is 0. The van der Waals surface area contributed by atoms with Crippen molar-refractivity contribution in [1.82, 2.24) is 19.9 Å². The van der Waals surface area contributed by atoms with E-state index in [9.17, 15) is 0 Å². The van der Waals surface area contributed by atoms with Gasteiger partial charge >= 0.3 is 0 Å². The van der Waals surface area contributed by atoms with Crippen LogP contribution in [0.5, 0.6) is 0 Å². The smallest absolute Gasteiger partial charge is 0.243 e. The zero-order chi connectivity index (χ0) is 15.5. The molecule has 0 bridgehead atoms. The van der Waals surface area contributed by atoms with Crippen LogP contribution in [0.4, 0.5) is 0 Å². The fourth-order valence-electron chi connectivity index (χ4n) is 3.11. The largest absolute Gasteiger partial charge is 0.380 e. The van der Waals surface area contributed by atoms with E-state index in [2.05, 4.69) is 33.8 Å². The lowest BCUT2D eigenvalue weighted by Gasteiger charge is -2.41. The van der Waals surface area contributed by atoms with E-state index in [0.717, 1.165) is 51.1 Å². The maximum Gasteiger partial charge on any atom is 0.243 e. The van der Waals surface area contributed by atoms with E-state index in [0.29, 0.717) is 12.0 Å². The molecule has 1 aromatic rings. The molecule has 2 fully saturated rings. The van der Waals surface area contributed by atoms with Crippen LogP contribution < -0.4 is 0 Å². The Labute approximate surface area is 132 Å². The van der Waals surface area contributed by atoms with Crippen LogP contribution in [0.25, 0.3) is 0 Å². The lowest BCUT2D eigenvalue weighted by Crippen LogP contribution is -2.53. The molecule has 2 atom stereocenters. The average molecular weight is 308 g/mol. The Morgan fingerprint density at radius 2 is 2.18 bits per heavy atom. The second-order valence-electron chi connectivity index (χ2n) is 6.52. The van der Waals surface area contributed by atoms with Crippen molar-refractivity contribution in [3.05, 3.63) is 11.7 Å². The van der Waals surface area contributed by atoms with Gasteiger partial charge in [-0.15, -0.1) is 0 Å². The molecule has 2 unspecified atom stereocenters. The highest BCUT2D eigenvalue weighted by Gasteiger charge is 2.32. The van der Waals surface area contributed by atoms with Gasteiger partial charge in [-0.05, 0) is 33.6 Å². The summed E-state index contributed by atoms with van der Waals surface area (Å²) in [5.41, 5.74) is 0. The van der Waals surface area contributed by atoms with Crippen molar-refractivity contribution in [3.8, 4) is 0 Å². The monoisotopic (exact) mass is 308 g/mol. The first-order valence-electron chi connectivity index (χ1n) is 8.58. The molecule has 0 spiro atoms. The van der Waals surface area contributed by atoms with Gasteiger partial charge in [0.25, 0.3) is 0 Å². The molecule has 1 aromatic heterocycles. The van der Waals surface area contributed by atoms with Crippen molar-refractivity contribution >= 4 is 0 Å². The molecule has 6 heteroatoms. The van der Waals surface area contributed by atoms with Gasteiger partial charge < -0.3 is 9.26 Å². The Bertz CT molecular complexity index is 474. The predicted molar refractivity (Wildman–Crippen MR) is 83.8 cm³/mol. The standard InChI is InChI=1S/C16H28N4O2/c1-4-21-10-9-19-7-8-20(11-12(19)2)13(3)16-17-15(18-22-16)14-5-6-14/h12-14H,4-11H2,1-3H3. The molecule has 1 saturated heterocycles. The zero-order valence-corrected chi connectivity index (χ0v) is 14.0. The lowest BCUT2D eigenvalue weighted by molar-refractivity contribution is 0.0290. The molecule has 1 aliphatic carbocycles. The number of piperazine rings is 1. The maximum atomic E-state index is 5.49. The summed E-state index contributed by atoms with van der Waals surface area (Å²) in [6.07, 6.45) is 2.42. The summed E-state index contributed by atoms with van der Waals surface area (Å²) in [5.74, 6) is 2.24. The summed E-state index contributed by atoms with van der Waals surface area (Å²) in [4.78, 5) is 9.55. The molecule has 2 heterocycles. The third-order valence-electron chi connectivity index (χ3n) is 4.83. The molecular formula is C16H28N4O2. The normalized spacial score (nSPS) is 25.5. The summed E-state index contributed by atoms with van der Waals surface area (Å²) < 4.78 is 11.0. The van der Waals surface area contributed by atoms with E-state index in [4.69, 9.17) is 9.26 Å². The fraction of sp³-hybridized carbons (Fsp3) is 0.875. The van der Waals surface area contributed by atoms with E-state index in [1.807, 2.05) is 6.92 Å². The number of aromatic nitrogens is 2. The molecule has 0 N–H and O–H groups in total. The third kappa shape index (κ3) is 3.67. The number of hydrogen-bond acceptors (Lipinski definition) is 6. The van der Waals surface area contributed by atoms with E-state index in [-0.39, 0.29) is 6.04 Å². The van der Waals surface area contributed by atoms with Gasteiger partial charge in [-0.1, -0.05) is 5.16 Å². The molecule has 0 aromatic carbocycles. The molecule has 0 amide bonds. The van der Waals surface area contributed by atoms with Crippen molar-refractivity contribution in [2.24, 2.45) is 0 Å². The van der Waals surface area contributed by atoms with Crippen LogP contribution in [0.2, 0.25) is 0 Å². The Balaban J connectivity index is 1.52. The van der Waals surface area contributed by atoms with E-state index >= 15 is 0 Å². The van der Waals surface area contributed by atoms with Crippen LogP contribution in [-0.4, -0.2) is 65.4 Å². The molecule has 22 heavy (non-hydrogen) atoms. The molecule has 2 aliphatic rings. The summed E-state index contributed by atoms with van der Waals surface area (Å²) in [6.45, 7) is 12.3. The topological polar surface area (TPSA) is 54.6 Å². The van der Waals surface area contributed by atoms with Crippen LogP contribution >= 0.6 is 0 Å². The molecule has 1 aliphatic heterocycles. The minimum absolute atomic E-state index is 0.205. The molecule has 3 rings (SSSR count). The minimum Gasteiger partial charge on any atom is -0.380 e. The highest BCUT2D eigenvalue weighted by atomic mass is 16.5. The Hall–Kier alpha value is -0.980. The van der Waals surface area contributed by atoms with Gasteiger partial charge in [0, 0.05) is 44.7 Å². The SMILES string of the molecule is CCOCCN1CCN(C(C)c2nc(C3CC3)no2)CC1C. The minimum atomic E-state index is 0.205. The number of nitrogens with zero attached hydrogens (tertiary/aromatic N) is 4. The molecule has 1 saturated carbocycles. The van der Waals surface area contributed by atoms with Crippen molar-refractivity contribution in [3.63, 3.8) is 0 Å². The third-order valence-corrected chi connectivity index (χ3v) is 4.83. The number of hydrogen-bond donors (Lipinski definition) is 0. The lowest BCUT2D eigenvalue weighted by atomic mass is 10.1. The van der Waals surface area contributed by atoms with Crippen molar-refractivity contribution in [2.75, 3.05) is 39.4 Å². The van der Waals surface area contributed by atoms with Crippen molar-refractivity contribution < 1.29 is 9.26 Å². The first-order valence-corrected chi connectivity index (χ1v) is 8.58. The van der Waals surface area contributed by atoms with Crippen LogP contribution in [0, 0.1) is 0 Å². The molecular weight excluding hydrogens is 280 g/mol. The van der Waals surface area contributed by atoms with Gasteiger partial charge in [0.15, 0.2) is 5.82 Å². The molecule has 0 radical (unpaired) electrons. The average Bonchev–Trinajstić information content (AvgIpc) is 3.26. The summed E-state index contributed by atoms with van der Waals surface area (Å²) in [6, 6.07) is 0.735. The maximum absolute atomic E-state index is 5.49. The zero-order valence-electron chi connectivity index (χ0n) is 14.0. The second kappa shape index (κ2) is 7.06. The van der Waals surface area contributed by atoms with Gasteiger partial charge in [-0.3, -0.25) is 9.80 Å². The van der Waals surface area contributed by atoms with E-state index in [1.165, 1.54) is 12.8 Å². The van der Waals surface area contributed by atoms with E-state index < -0.39 is 0 Å². The molecule has 124 valence electrons. The van der Waals surface area contributed by atoms with Gasteiger partial charge in [0.2, 0.25) is 5.89 Å². The van der Waals surface area contributed by atoms with E-state index in [1.54, 1.807) is 0 Å². The predicted octanol–water partition coefficient (Wildman–Crippen LogP) is 2.05. The summed E-state index contributed by atoms with van der Waals surface area (Å²) in [5, 5.41) is 4.14. The fourth-order valence-corrected chi connectivity index (χ4v) is 3.11. The van der Waals surface area contributed by atoms with Crippen molar-refractivity contribution in [1.29, 1.82) is 0 Å². The van der Waals surface area contributed by atoms with Crippen LogP contribution in [0.15, 0.2) is 4.52 Å². The van der Waals surface area contributed by atoms with Crippen LogP contribution in [-0.2, 0) is 4.74 Å². The van der Waals surface area contributed by atoms with Gasteiger partial charge in [-0.2, -0.15) is 4.98 Å². The number of rotatable bonds is 7.